The Morgan fingerprint density at radius 2 is 1.90 bits per heavy atom. The molecule has 0 aliphatic carbocycles. The summed E-state index contributed by atoms with van der Waals surface area (Å²) in [4.78, 5) is 4.23. The summed E-state index contributed by atoms with van der Waals surface area (Å²) in [6.07, 6.45) is 1.07. The van der Waals surface area contributed by atoms with Gasteiger partial charge >= 0.3 is 0 Å². The van der Waals surface area contributed by atoms with Gasteiger partial charge in [-0.3, -0.25) is 4.99 Å². The zero-order chi connectivity index (χ0) is 15.7. The van der Waals surface area contributed by atoms with Gasteiger partial charge in [-0.25, -0.2) is 0 Å². The maximum absolute atomic E-state index is 5.39. The molecule has 0 heterocycles. The van der Waals surface area contributed by atoms with Crippen LogP contribution in [0.5, 0.6) is 0 Å². The van der Waals surface area contributed by atoms with Crippen molar-refractivity contribution in [1.29, 1.82) is 0 Å². The highest BCUT2D eigenvalue weighted by Crippen LogP contribution is 2.17. The Kier molecular flexibility index (Phi) is 7.23. The minimum absolute atomic E-state index is 0.199. The van der Waals surface area contributed by atoms with Gasteiger partial charge in [0.1, 0.15) is 0 Å². The van der Waals surface area contributed by atoms with E-state index in [2.05, 4.69) is 52.9 Å². The third-order valence-corrected chi connectivity index (χ3v) is 3.70. The van der Waals surface area contributed by atoms with Gasteiger partial charge in [0.2, 0.25) is 0 Å². The molecule has 21 heavy (non-hydrogen) atoms. The number of guanidine groups is 1. The van der Waals surface area contributed by atoms with Crippen molar-refractivity contribution in [3.63, 3.8) is 0 Å². The van der Waals surface area contributed by atoms with E-state index in [4.69, 9.17) is 4.74 Å². The quantitative estimate of drug-likeness (QED) is 0.600. The minimum atomic E-state index is -0.199. The first kappa shape index (κ1) is 17.5. The Morgan fingerprint density at radius 1 is 1.24 bits per heavy atom. The molecule has 118 valence electrons. The highest BCUT2D eigenvalue weighted by atomic mass is 16.5. The van der Waals surface area contributed by atoms with E-state index in [0.717, 1.165) is 25.5 Å². The second kappa shape index (κ2) is 8.67. The van der Waals surface area contributed by atoms with Crippen LogP contribution in [-0.4, -0.2) is 38.8 Å². The number of rotatable bonds is 7. The number of hydrogen-bond acceptors (Lipinski definition) is 2. The van der Waals surface area contributed by atoms with Crippen LogP contribution in [-0.2, 0) is 4.74 Å². The van der Waals surface area contributed by atoms with Crippen LogP contribution in [0.25, 0.3) is 0 Å². The zero-order valence-corrected chi connectivity index (χ0v) is 13.9. The van der Waals surface area contributed by atoms with Gasteiger partial charge in [0.05, 0.1) is 5.60 Å². The maximum Gasteiger partial charge on any atom is 0.191 e. The van der Waals surface area contributed by atoms with Gasteiger partial charge in [-0.05, 0) is 31.7 Å². The van der Waals surface area contributed by atoms with E-state index in [1.165, 1.54) is 5.56 Å². The molecule has 0 bridgehead atoms. The Labute approximate surface area is 129 Å². The molecule has 1 rings (SSSR count). The average Bonchev–Trinajstić information content (AvgIpc) is 2.51. The lowest BCUT2D eigenvalue weighted by Crippen LogP contribution is -2.45. The van der Waals surface area contributed by atoms with Crippen LogP contribution >= 0.6 is 0 Å². The summed E-state index contributed by atoms with van der Waals surface area (Å²) >= 11 is 0. The fourth-order valence-corrected chi connectivity index (χ4v) is 1.94. The monoisotopic (exact) mass is 291 g/mol. The molecule has 4 nitrogen and oxygen atoms in total. The first-order chi connectivity index (χ1) is 9.98. The lowest BCUT2D eigenvalue weighted by atomic mass is 9.98. The van der Waals surface area contributed by atoms with Crippen molar-refractivity contribution in [2.75, 3.05) is 27.2 Å². The Hall–Kier alpha value is -1.55. The van der Waals surface area contributed by atoms with Crippen molar-refractivity contribution in [2.24, 2.45) is 4.99 Å². The molecule has 0 saturated heterocycles. The van der Waals surface area contributed by atoms with Gasteiger partial charge in [-0.15, -0.1) is 0 Å². The average molecular weight is 291 g/mol. The molecule has 0 aromatic heterocycles. The molecule has 0 radical (unpaired) electrons. The van der Waals surface area contributed by atoms with Crippen molar-refractivity contribution in [1.82, 2.24) is 10.6 Å². The van der Waals surface area contributed by atoms with Crippen LogP contribution in [0.15, 0.2) is 35.3 Å². The molecule has 0 saturated carbocycles. The molecule has 0 amide bonds. The van der Waals surface area contributed by atoms with Crippen molar-refractivity contribution >= 4 is 5.96 Å². The SMILES string of the molecule is CN=C(NCCC(C)c1ccccc1)NCC(C)(C)OC. The van der Waals surface area contributed by atoms with Crippen LogP contribution in [0, 0.1) is 0 Å². The zero-order valence-electron chi connectivity index (χ0n) is 13.9. The molecule has 1 unspecified atom stereocenters. The predicted molar refractivity (Wildman–Crippen MR) is 89.9 cm³/mol. The van der Waals surface area contributed by atoms with Gasteiger partial charge in [0.15, 0.2) is 5.96 Å². The van der Waals surface area contributed by atoms with Gasteiger partial charge in [-0.2, -0.15) is 0 Å². The summed E-state index contributed by atoms with van der Waals surface area (Å²) in [6, 6.07) is 10.6. The Bertz CT molecular complexity index is 429. The van der Waals surface area contributed by atoms with Crippen molar-refractivity contribution < 1.29 is 4.74 Å². The molecule has 0 fully saturated rings. The van der Waals surface area contributed by atoms with E-state index in [9.17, 15) is 0 Å². The van der Waals surface area contributed by atoms with Crippen LogP contribution < -0.4 is 10.6 Å². The van der Waals surface area contributed by atoms with Crippen LogP contribution in [0.1, 0.15) is 38.7 Å². The lowest BCUT2D eigenvalue weighted by molar-refractivity contribution is 0.0268. The van der Waals surface area contributed by atoms with Gasteiger partial charge in [0, 0.05) is 27.2 Å². The van der Waals surface area contributed by atoms with Crippen LogP contribution in [0.3, 0.4) is 0 Å². The number of methoxy groups -OCH3 is 1. The molecule has 2 N–H and O–H groups in total. The van der Waals surface area contributed by atoms with Gasteiger partial charge < -0.3 is 15.4 Å². The summed E-state index contributed by atoms with van der Waals surface area (Å²) in [5.41, 5.74) is 1.18. The molecule has 0 aliphatic rings. The summed E-state index contributed by atoms with van der Waals surface area (Å²) in [5, 5.41) is 6.64. The highest BCUT2D eigenvalue weighted by Gasteiger charge is 2.16. The third-order valence-electron chi connectivity index (χ3n) is 3.70. The van der Waals surface area contributed by atoms with E-state index in [1.54, 1.807) is 14.2 Å². The number of hydrogen-bond donors (Lipinski definition) is 2. The Balaban J connectivity index is 2.33. The van der Waals surface area contributed by atoms with E-state index < -0.39 is 0 Å². The standard InChI is InChI=1S/C17H29N3O/c1-14(15-9-7-6-8-10-15)11-12-19-16(18-4)20-13-17(2,3)21-5/h6-10,14H,11-13H2,1-5H3,(H2,18,19,20). The number of nitrogens with one attached hydrogen (secondary N) is 2. The normalized spacial score (nSPS) is 13.9. The van der Waals surface area contributed by atoms with Crippen molar-refractivity contribution in [3.05, 3.63) is 35.9 Å². The summed E-state index contributed by atoms with van der Waals surface area (Å²) in [7, 11) is 3.51. The number of benzene rings is 1. The predicted octanol–water partition coefficient (Wildman–Crippen LogP) is 2.77. The van der Waals surface area contributed by atoms with E-state index in [0.29, 0.717) is 5.92 Å². The number of nitrogens with zero attached hydrogens (tertiary/aromatic N) is 1. The molecule has 1 atom stereocenters. The summed E-state index contributed by atoms with van der Waals surface area (Å²) in [5.74, 6) is 1.35. The van der Waals surface area contributed by atoms with E-state index in [-0.39, 0.29) is 5.60 Å². The molecule has 4 heteroatoms. The van der Waals surface area contributed by atoms with Crippen LogP contribution in [0.4, 0.5) is 0 Å². The third kappa shape index (κ3) is 6.63. The summed E-state index contributed by atoms with van der Waals surface area (Å²) < 4.78 is 5.39. The molecule has 0 spiro atoms. The molecular weight excluding hydrogens is 262 g/mol. The Morgan fingerprint density at radius 3 is 2.48 bits per heavy atom. The second-order valence-corrected chi connectivity index (χ2v) is 5.92. The second-order valence-electron chi connectivity index (χ2n) is 5.92. The fraction of sp³-hybridized carbons (Fsp3) is 0.588. The van der Waals surface area contributed by atoms with Crippen molar-refractivity contribution in [2.45, 2.75) is 38.7 Å². The first-order valence-corrected chi connectivity index (χ1v) is 7.53. The maximum atomic E-state index is 5.39. The fourth-order valence-electron chi connectivity index (χ4n) is 1.94. The smallest absolute Gasteiger partial charge is 0.191 e. The first-order valence-electron chi connectivity index (χ1n) is 7.53. The van der Waals surface area contributed by atoms with E-state index >= 15 is 0 Å². The molecule has 0 aliphatic heterocycles. The molecular formula is C17H29N3O. The largest absolute Gasteiger partial charge is 0.377 e. The van der Waals surface area contributed by atoms with Gasteiger partial charge in [0.25, 0.3) is 0 Å². The topological polar surface area (TPSA) is 45.7 Å². The number of ether oxygens (including phenoxy) is 1. The lowest BCUT2D eigenvalue weighted by Gasteiger charge is -2.24. The van der Waals surface area contributed by atoms with Gasteiger partial charge in [-0.1, -0.05) is 37.3 Å². The van der Waals surface area contributed by atoms with Crippen molar-refractivity contribution in [3.8, 4) is 0 Å². The summed E-state index contributed by atoms with van der Waals surface area (Å²) in [6.45, 7) is 7.96. The molecule has 1 aromatic rings. The highest BCUT2D eigenvalue weighted by molar-refractivity contribution is 5.79. The van der Waals surface area contributed by atoms with E-state index in [1.807, 2.05) is 13.8 Å². The number of aliphatic imine (C=N–C) groups is 1. The minimum Gasteiger partial charge on any atom is -0.377 e. The molecule has 1 aromatic carbocycles. The van der Waals surface area contributed by atoms with Crippen LogP contribution in [0.2, 0.25) is 0 Å².